The molecule has 0 saturated carbocycles. The number of rotatable bonds is 6. The molecule has 5 nitrogen and oxygen atoms in total. The van der Waals surface area contributed by atoms with Crippen LogP contribution in [0.25, 0.3) is 0 Å². The number of hydrogen-bond acceptors (Lipinski definition) is 4. The van der Waals surface area contributed by atoms with Crippen molar-refractivity contribution in [1.29, 1.82) is 0 Å². The number of nitrogens with one attached hydrogen (secondary N) is 2. The van der Waals surface area contributed by atoms with Gasteiger partial charge in [0.05, 0.1) is 19.7 Å². The van der Waals surface area contributed by atoms with Crippen LogP contribution >= 0.6 is 12.4 Å². The van der Waals surface area contributed by atoms with E-state index in [1.807, 2.05) is 48.5 Å². The molecule has 1 fully saturated rings. The Balaban J connectivity index is 0.00000243. The van der Waals surface area contributed by atoms with Gasteiger partial charge in [-0.1, -0.05) is 48.5 Å². The van der Waals surface area contributed by atoms with Crippen molar-refractivity contribution in [3.8, 4) is 5.75 Å². The predicted octanol–water partition coefficient (Wildman–Crippen LogP) is 2.38. The van der Waals surface area contributed by atoms with Crippen LogP contribution in [0.3, 0.4) is 0 Å². The molecule has 1 amide bonds. The largest absolute Gasteiger partial charge is 0.496 e. The molecular weight excluding hydrogens is 350 g/mol. The van der Waals surface area contributed by atoms with Crippen LogP contribution in [0.1, 0.15) is 17.2 Å². The predicted molar refractivity (Wildman–Crippen MR) is 106 cm³/mol. The fourth-order valence-corrected chi connectivity index (χ4v) is 3.22. The molecule has 1 unspecified atom stereocenters. The van der Waals surface area contributed by atoms with E-state index in [1.54, 1.807) is 7.11 Å². The quantitative estimate of drug-likeness (QED) is 0.814. The van der Waals surface area contributed by atoms with Crippen molar-refractivity contribution in [2.24, 2.45) is 0 Å². The van der Waals surface area contributed by atoms with E-state index < -0.39 is 0 Å². The first-order chi connectivity index (χ1) is 12.3. The van der Waals surface area contributed by atoms with Gasteiger partial charge in [0, 0.05) is 31.7 Å². The minimum absolute atomic E-state index is 0. The van der Waals surface area contributed by atoms with Crippen molar-refractivity contribution in [3.05, 3.63) is 65.7 Å². The van der Waals surface area contributed by atoms with Gasteiger partial charge in [-0.15, -0.1) is 12.4 Å². The first-order valence-corrected chi connectivity index (χ1v) is 8.66. The second-order valence-electron chi connectivity index (χ2n) is 6.19. The topological polar surface area (TPSA) is 53.6 Å². The highest BCUT2D eigenvalue weighted by atomic mass is 35.5. The lowest BCUT2D eigenvalue weighted by Gasteiger charge is -2.36. The van der Waals surface area contributed by atoms with Crippen LogP contribution in [0.15, 0.2) is 54.6 Å². The van der Waals surface area contributed by atoms with E-state index in [4.69, 9.17) is 4.74 Å². The number of carbonyl (C=O) groups is 1. The van der Waals surface area contributed by atoms with Crippen LogP contribution in [-0.4, -0.2) is 44.1 Å². The Morgan fingerprint density at radius 2 is 1.92 bits per heavy atom. The fraction of sp³-hybridized carbons (Fsp3) is 0.350. The molecule has 2 N–H and O–H groups in total. The number of para-hydroxylation sites is 1. The maximum absolute atomic E-state index is 12.4. The van der Waals surface area contributed by atoms with Crippen LogP contribution in [0.2, 0.25) is 0 Å². The molecule has 2 aromatic rings. The van der Waals surface area contributed by atoms with Gasteiger partial charge in [-0.05, 0) is 11.6 Å². The summed E-state index contributed by atoms with van der Waals surface area (Å²) in [7, 11) is 1.69. The number of nitrogens with zero attached hydrogens (tertiary/aromatic N) is 1. The number of ether oxygens (including phenoxy) is 1. The number of hydrogen-bond donors (Lipinski definition) is 2. The number of benzene rings is 2. The van der Waals surface area contributed by atoms with Crippen molar-refractivity contribution in [2.75, 3.05) is 33.3 Å². The van der Waals surface area contributed by atoms with E-state index in [0.29, 0.717) is 13.1 Å². The molecule has 3 rings (SSSR count). The molecule has 0 spiro atoms. The number of halogens is 1. The monoisotopic (exact) mass is 375 g/mol. The molecule has 1 saturated heterocycles. The van der Waals surface area contributed by atoms with Crippen LogP contribution in [0.5, 0.6) is 5.75 Å². The maximum Gasteiger partial charge on any atom is 0.234 e. The zero-order chi connectivity index (χ0) is 17.5. The third-order valence-corrected chi connectivity index (χ3v) is 4.53. The second kappa shape index (κ2) is 10.2. The average Bonchev–Trinajstić information content (AvgIpc) is 2.67. The summed E-state index contributed by atoms with van der Waals surface area (Å²) in [5.74, 6) is 0.913. The highest BCUT2D eigenvalue weighted by Gasteiger charge is 2.27. The van der Waals surface area contributed by atoms with Gasteiger partial charge in [-0.2, -0.15) is 0 Å². The smallest absolute Gasteiger partial charge is 0.234 e. The second-order valence-corrected chi connectivity index (χ2v) is 6.19. The summed E-state index contributed by atoms with van der Waals surface area (Å²) >= 11 is 0. The standard InChI is InChI=1S/C20H25N3O2.ClH/c1-25-19-10-6-5-9-17(19)18-14-21-11-12-23(18)15-20(24)22-13-16-7-3-2-4-8-16;/h2-10,18,21H,11-15H2,1H3,(H,22,24);1H. The van der Waals surface area contributed by atoms with Gasteiger partial charge in [0.1, 0.15) is 5.75 Å². The molecule has 6 heteroatoms. The highest BCUT2D eigenvalue weighted by molar-refractivity contribution is 5.85. The Kier molecular flexibility index (Phi) is 7.91. The Bertz CT molecular complexity index is 696. The molecule has 140 valence electrons. The van der Waals surface area contributed by atoms with E-state index >= 15 is 0 Å². The van der Waals surface area contributed by atoms with Crippen molar-refractivity contribution in [2.45, 2.75) is 12.6 Å². The lowest BCUT2D eigenvalue weighted by atomic mass is 10.0. The highest BCUT2D eigenvalue weighted by Crippen LogP contribution is 2.29. The summed E-state index contributed by atoms with van der Waals surface area (Å²) in [6, 6.07) is 18.1. The SMILES string of the molecule is COc1ccccc1C1CNCCN1CC(=O)NCc1ccccc1.Cl. The Hall–Kier alpha value is -2.08. The molecule has 0 bridgehead atoms. The van der Waals surface area contributed by atoms with Crippen LogP contribution in [0.4, 0.5) is 0 Å². The molecule has 0 aromatic heterocycles. The van der Waals surface area contributed by atoms with Crippen LogP contribution in [-0.2, 0) is 11.3 Å². The van der Waals surface area contributed by atoms with Gasteiger partial charge >= 0.3 is 0 Å². The summed E-state index contributed by atoms with van der Waals surface area (Å²) in [5.41, 5.74) is 2.23. The minimum Gasteiger partial charge on any atom is -0.496 e. The van der Waals surface area contributed by atoms with E-state index in [2.05, 4.69) is 21.6 Å². The van der Waals surface area contributed by atoms with Crippen LogP contribution < -0.4 is 15.4 Å². The lowest BCUT2D eigenvalue weighted by Crippen LogP contribution is -2.49. The van der Waals surface area contributed by atoms with Crippen molar-refractivity contribution < 1.29 is 9.53 Å². The van der Waals surface area contributed by atoms with Gasteiger partial charge in [0.2, 0.25) is 5.91 Å². The first kappa shape index (κ1) is 20.2. The average molecular weight is 376 g/mol. The molecule has 0 radical (unpaired) electrons. The van der Waals surface area contributed by atoms with Gasteiger partial charge in [0.15, 0.2) is 0 Å². The van der Waals surface area contributed by atoms with Gasteiger partial charge in [-0.25, -0.2) is 0 Å². The van der Waals surface area contributed by atoms with Crippen molar-refractivity contribution in [1.82, 2.24) is 15.5 Å². The van der Waals surface area contributed by atoms with Gasteiger partial charge in [0.25, 0.3) is 0 Å². The Morgan fingerprint density at radius 1 is 1.19 bits per heavy atom. The van der Waals surface area contributed by atoms with E-state index in [1.165, 1.54) is 0 Å². The van der Waals surface area contributed by atoms with Gasteiger partial charge < -0.3 is 15.4 Å². The number of amides is 1. The molecule has 26 heavy (non-hydrogen) atoms. The summed E-state index contributed by atoms with van der Waals surface area (Å²) in [6.07, 6.45) is 0. The number of piperazine rings is 1. The Labute approximate surface area is 161 Å². The molecule has 1 atom stereocenters. The number of carbonyl (C=O) groups excluding carboxylic acids is 1. The molecule has 0 aliphatic carbocycles. The third-order valence-electron chi connectivity index (χ3n) is 4.53. The summed E-state index contributed by atoms with van der Waals surface area (Å²) < 4.78 is 5.50. The minimum atomic E-state index is 0. The van der Waals surface area contributed by atoms with E-state index in [-0.39, 0.29) is 24.4 Å². The maximum atomic E-state index is 12.4. The fourth-order valence-electron chi connectivity index (χ4n) is 3.22. The Morgan fingerprint density at radius 3 is 2.69 bits per heavy atom. The number of methoxy groups -OCH3 is 1. The molecule has 1 aliphatic heterocycles. The van der Waals surface area contributed by atoms with Gasteiger partial charge in [-0.3, -0.25) is 9.69 Å². The van der Waals surface area contributed by atoms with Crippen molar-refractivity contribution >= 4 is 18.3 Å². The van der Waals surface area contributed by atoms with Crippen molar-refractivity contribution in [3.63, 3.8) is 0 Å². The summed E-state index contributed by atoms with van der Waals surface area (Å²) in [6.45, 7) is 3.48. The van der Waals surface area contributed by atoms with E-state index in [0.717, 1.165) is 36.5 Å². The summed E-state index contributed by atoms with van der Waals surface area (Å²) in [4.78, 5) is 14.6. The zero-order valence-electron chi connectivity index (χ0n) is 15.0. The normalized spacial score (nSPS) is 17.2. The lowest BCUT2D eigenvalue weighted by molar-refractivity contribution is -0.123. The third kappa shape index (κ3) is 5.21. The summed E-state index contributed by atoms with van der Waals surface area (Å²) in [5, 5.41) is 6.43. The van der Waals surface area contributed by atoms with Crippen LogP contribution in [0, 0.1) is 0 Å². The first-order valence-electron chi connectivity index (χ1n) is 8.66. The molecule has 1 heterocycles. The molecule has 1 aliphatic rings. The zero-order valence-corrected chi connectivity index (χ0v) is 15.8. The molecular formula is C20H26ClN3O2. The molecule has 2 aromatic carbocycles. The van der Waals surface area contributed by atoms with E-state index in [9.17, 15) is 4.79 Å².